The van der Waals surface area contributed by atoms with Gasteiger partial charge in [0.2, 0.25) is 5.91 Å². The predicted molar refractivity (Wildman–Crippen MR) is 140 cm³/mol. The maximum atomic E-state index is 13.7. The van der Waals surface area contributed by atoms with Crippen LogP contribution in [-0.4, -0.2) is 28.0 Å². The van der Waals surface area contributed by atoms with E-state index in [0.717, 1.165) is 22.4 Å². The van der Waals surface area contributed by atoms with Crippen molar-refractivity contribution in [1.82, 2.24) is 5.32 Å². The number of sulfonamides is 1. The third kappa shape index (κ3) is 6.63. The first kappa shape index (κ1) is 26.3. The van der Waals surface area contributed by atoms with Crippen molar-refractivity contribution in [3.05, 3.63) is 89.5 Å². The van der Waals surface area contributed by atoms with Crippen molar-refractivity contribution in [3.63, 3.8) is 0 Å². The highest BCUT2D eigenvalue weighted by Crippen LogP contribution is 2.29. The van der Waals surface area contributed by atoms with Gasteiger partial charge in [0, 0.05) is 0 Å². The topological polar surface area (TPSA) is 75.7 Å². The molecule has 0 aliphatic carbocycles. The Labute approximate surface area is 209 Å². The van der Waals surface area contributed by atoms with Gasteiger partial charge in [-0.25, -0.2) is 8.42 Å². The van der Waals surface area contributed by atoms with Crippen LogP contribution in [0.3, 0.4) is 0 Å². The number of anilines is 1. The first-order valence-electron chi connectivity index (χ1n) is 11.7. The number of hydrogen-bond donors (Lipinski definition) is 1. The molecule has 0 aromatic heterocycles. The molecular weight excluding hydrogens is 460 g/mol. The molecule has 3 aromatic rings. The van der Waals surface area contributed by atoms with E-state index in [4.69, 9.17) is 4.74 Å². The molecular formula is C28H34N2O4S. The summed E-state index contributed by atoms with van der Waals surface area (Å²) in [5.41, 5.74) is 3.12. The van der Waals surface area contributed by atoms with Crippen LogP contribution < -0.4 is 14.4 Å². The summed E-state index contributed by atoms with van der Waals surface area (Å²) in [6.45, 7) is 7.60. The lowest BCUT2D eigenvalue weighted by atomic mass is 9.97. The molecule has 0 aliphatic heterocycles. The SMILES string of the molecule is COc1ccc([C@@H](CC(C)C)NC(=O)CN(c2cc(C)ccc2C)S(=O)(=O)c2ccccc2)cc1. The molecule has 0 heterocycles. The van der Waals surface area contributed by atoms with Crippen molar-refractivity contribution in [2.45, 2.75) is 45.1 Å². The average molecular weight is 495 g/mol. The molecule has 0 fully saturated rings. The van der Waals surface area contributed by atoms with Gasteiger partial charge in [-0.1, -0.05) is 56.3 Å². The van der Waals surface area contributed by atoms with Gasteiger partial charge < -0.3 is 10.1 Å². The van der Waals surface area contributed by atoms with E-state index in [1.807, 2.05) is 50.2 Å². The predicted octanol–water partition coefficient (Wildman–Crippen LogP) is 5.41. The number of benzene rings is 3. The summed E-state index contributed by atoms with van der Waals surface area (Å²) in [5, 5.41) is 3.07. The van der Waals surface area contributed by atoms with Gasteiger partial charge in [-0.05, 0) is 73.2 Å². The number of amides is 1. The van der Waals surface area contributed by atoms with Crippen molar-refractivity contribution < 1.29 is 17.9 Å². The second-order valence-electron chi connectivity index (χ2n) is 9.14. The smallest absolute Gasteiger partial charge is 0.264 e. The van der Waals surface area contributed by atoms with Gasteiger partial charge in [0.15, 0.2) is 0 Å². The Morgan fingerprint density at radius 1 is 0.971 bits per heavy atom. The minimum Gasteiger partial charge on any atom is -0.497 e. The third-order valence-electron chi connectivity index (χ3n) is 5.81. The standard InChI is InChI=1S/C28H34N2O4S/c1-20(2)17-26(23-13-15-24(34-5)16-14-23)29-28(31)19-30(27-18-21(3)11-12-22(27)4)35(32,33)25-9-7-6-8-10-25/h6-16,18,20,26H,17,19H2,1-5H3,(H,29,31)/t26-/m1/s1. The average Bonchev–Trinajstić information content (AvgIpc) is 2.84. The molecule has 0 radical (unpaired) electrons. The zero-order chi connectivity index (χ0) is 25.6. The highest BCUT2D eigenvalue weighted by atomic mass is 32.2. The van der Waals surface area contributed by atoms with E-state index in [9.17, 15) is 13.2 Å². The molecule has 1 atom stereocenters. The van der Waals surface area contributed by atoms with Gasteiger partial charge in [0.25, 0.3) is 10.0 Å². The summed E-state index contributed by atoms with van der Waals surface area (Å²) in [6, 6.07) is 21.1. The molecule has 7 heteroatoms. The maximum Gasteiger partial charge on any atom is 0.264 e. The lowest BCUT2D eigenvalue weighted by molar-refractivity contribution is -0.120. The number of rotatable bonds is 10. The number of hydrogen-bond acceptors (Lipinski definition) is 4. The lowest BCUT2D eigenvalue weighted by Gasteiger charge is -2.28. The quantitative estimate of drug-likeness (QED) is 0.409. The molecule has 35 heavy (non-hydrogen) atoms. The summed E-state index contributed by atoms with van der Waals surface area (Å²) in [7, 11) is -2.36. The molecule has 3 aromatic carbocycles. The number of ether oxygens (including phenoxy) is 1. The lowest BCUT2D eigenvalue weighted by Crippen LogP contribution is -2.42. The van der Waals surface area contributed by atoms with Gasteiger partial charge in [-0.15, -0.1) is 0 Å². The second-order valence-corrected chi connectivity index (χ2v) is 11.0. The molecule has 186 valence electrons. The van der Waals surface area contributed by atoms with Crippen molar-refractivity contribution in [2.24, 2.45) is 5.92 Å². The monoisotopic (exact) mass is 494 g/mol. The van der Waals surface area contributed by atoms with Crippen LogP contribution in [0.4, 0.5) is 5.69 Å². The zero-order valence-electron chi connectivity index (χ0n) is 21.0. The van der Waals surface area contributed by atoms with E-state index >= 15 is 0 Å². The molecule has 0 spiro atoms. The minimum atomic E-state index is -3.96. The number of carbonyl (C=O) groups excluding carboxylic acids is 1. The maximum absolute atomic E-state index is 13.7. The highest BCUT2D eigenvalue weighted by molar-refractivity contribution is 7.92. The van der Waals surface area contributed by atoms with Crippen LogP contribution in [0.2, 0.25) is 0 Å². The summed E-state index contributed by atoms with van der Waals surface area (Å²) in [5.74, 6) is 0.691. The Bertz CT molecular complexity index is 1240. The summed E-state index contributed by atoms with van der Waals surface area (Å²) < 4.78 is 33.8. The molecule has 0 saturated carbocycles. The Hall–Kier alpha value is -3.32. The third-order valence-corrected chi connectivity index (χ3v) is 7.59. The Kier molecular flexibility index (Phi) is 8.57. The van der Waals surface area contributed by atoms with E-state index in [0.29, 0.717) is 18.0 Å². The number of carbonyl (C=O) groups is 1. The van der Waals surface area contributed by atoms with Gasteiger partial charge in [-0.2, -0.15) is 0 Å². The van der Waals surface area contributed by atoms with Gasteiger partial charge in [-0.3, -0.25) is 9.10 Å². The molecule has 0 unspecified atom stereocenters. The Balaban J connectivity index is 1.95. The fraction of sp³-hybridized carbons (Fsp3) is 0.321. The fourth-order valence-electron chi connectivity index (χ4n) is 3.96. The van der Waals surface area contributed by atoms with Crippen molar-refractivity contribution in [2.75, 3.05) is 18.0 Å². The van der Waals surface area contributed by atoms with Gasteiger partial charge >= 0.3 is 0 Å². The van der Waals surface area contributed by atoms with Crippen LogP contribution in [0.15, 0.2) is 77.7 Å². The van der Waals surface area contributed by atoms with Crippen molar-refractivity contribution >= 4 is 21.6 Å². The Morgan fingerprint density at radius 3 is 2.23 bits per heavy atom. The first-order chi connectivity index (χ1) is 16.6. The van der Waals surface area contributed by atoms with Crippen LogP contribution in [0.1, 0.15) is 43.0 Å². The highest BCUT2D eigenvalue weighted by Gasteiger charge is 2.29. The first-order valence-corrected chi connectivity index (χ1v) is 13.1. The van der Waals surface area contributed by atoms with E-state index in [2.05, 4.69) is 19.2 Å². The van der Waals surface area contributed by atoms with Crippen LogP contribution in [0, 0.1) is 19.8 Å². The van der Waals surface area contributed by atoms with E-state index in [1.54, 1.807) is 43.5 Å². The molecule has 3 rings (SSSR count). The minimum absolute atomic E-state index is 0.141. The normalized spacial score (nSPS) is 12.3. The van der Waals surface area contributed by atoms with Crippen molar-refractivity contribution in [3.8, 4) is 5.75 Å². The summed E-state index contributed by atoms with van der Waals surface area (Å²) in [4.78, 5) is 13.5. The Morgan fingerprint density at radius 2 is 1.63 bits per heavy atom. The van der Waals surface area contributed by atoms with E-state index in [-0.39, 0.29) is 23.4 Å². The molecule has 0 saturated heterocycles. The molecule has 1 N–H and O–H groups in total. The molecule has 0 aliphatic rings. The number of nitrogens with one attached hydrogen (secondary N) is 1. The summed E-state index contributed by atoms with van der Waals surface area (Å²) in [6.07, 6.45) is 0.715. The second kappa shape index (κ2) is 11.4. The fourth-order valence-corrected chi connectivity index (χ4v) is 5.46. The van der Waals surface area contributed by atoms with Crippen molar-refractivity contribution in [1.29, 1.82) is 0 Å². The van der Waals surface area contributed by atoms with Crippen LogP contribution in [0.25, 0.3) is 0 Å². The van der Waals surface area contributed by atoms with Gasteiger partial charge in [0.05, 0.1) is 23.7 Å². The van der Waals surface area contributed by atoms with Gasteiger partial charge in [0.1, 0.15) is 12.3 Å². The molecule has 1 amide bonds. The number of aryl methyl sites for hydroxylation is 2. The van der Waals surface area contributed by atoms with Crippen LogP contribution in [0.5, 0.6) is 5.75 Å². The van der Waals surface area contributed by atoms with E-state index < -0.39 is 10.0 Å². The number of nitrogens with zero attached hydrogens (tertiary/aromatic N) is 1. The molecule has 6 nitrogen and oxygen atoms in total. The largest absolute Gasteiger partial charge is 0.497 e. The van der Waals surface area contributed by atoms with E-state index in [1.165, 1.54) is 4.31 Å². The zero-order valence-corrected chi connectivity index (χ0v) is 21.8. The van der Waals surface area contributed by atoms with Crippen LogP contribution in [-0.2, 0) is 14.8 Å². The number of methoxy groups -OCH3 is 1. The summed E-state index contributed by atoms with van der Waals surface area (Å²) >= 11 is 0. The molecule has 0 bridgehead atoms. The van der Waals surface area contributed by atoms with Crippen LogP contribution >= 0.6 is 0 Å².